The Kier molecular flexibility index (Phi) is 12.0. The quantitative estimate of drug-likeness (QED) is 0.199. The largest absolute Gasteiger partial charge is 0.467 e. The summed E-state index contributed by atoms with van der Waals surface area (Å²) in [7, 11) is 1.23. The average molecular weight is 764 g/mol. The summed E-state index contributed by atoms with van der Waals surface area (Å²) < 4.78 is 90.2. The van der Waals surface area contributed by atoms with E-state index in [4.69, 9.17) is 10.5 Å². The number of nitrogens with one attached hydrogen (secondary N) is 1. The molecule has 3 fully saturated rings. The van der Waals surface area contributed by atoms with Crippen molar-refractivity contribution >= 4 is 49.1 Å². The van der Waals surface area contributed by atoms with Crippen LogP contribution in [0.2, 0.25) is 0 Å². The van der Waals surface area contributed by atoms with Crippen molar-refractivity contribution in [3.63, 3.8) is 0 Å². The molecule has 16 heteroatoms. The number of alkyl halides is 4. The SMILES string of the molecule is CC(C)(C)C(=O)N1CCCC1.CCNc1nc(OC)nc2c(F)c(-c3ccc(F)c4sc(N)c(C#N)c34)c(C(F)(F)F)cc12.FC1CC2CCCN2C1. The van der Waals surface area contributed by atoms with Gasteiger partial charge >= 0.3 is 12.2 Å². The highest BCUT2D eigenvalue weighted by atomic mass is 32.1. The highest BCUT2D eigenvalue weighted by Crippen LogP contribution is 2.47. The van der Waals surface area contributed by atoms with Gasteiger partial charge in [-0.3, -0.25) is 9.69 Å². The monoisotopic (exact) mass is 763 g/mol. The number of nitrogens with zero attached hydrogens (tertiary/aromatic N) is 5. The third-order valence-electron chi connectivity index (χ3n) is 9.44. The normalized spacial score (nSPS) is 18.6. The van der Waals surface area contributed by atoms with Gasteiger partial charge in [-0.1, -0.05) is 26.8 Å². The fourth-order valence-electron chi connectivity index (χ4n) is 7.02. The van der Waals surface area contributed by atoms with Crippen LogP contribution >= 0.6 is 11.3 Å². The van der Waals surface area contributed by atoms with Gasteiger partial charge in [-0.15, -0.1) is 11.3 Å². The number of hydrogen-bond donors (Lipinski definition) is 2. The number of aromatic nitrogens is 2. The number of anilines is 2. The zero-order valence-corrected chi connectivity index (χ0v) is 31.1. The zero-order valence-electron chi connectivity index (χ0n) is 30.3. The summed E-state index contributed by atoms with van der Waals surface area (Å²) >= 11 is 0.698. The first-order valence-electron chi connectivity index (χ1n) is 17.5. The van der Waals surface area contributed by atoms with Crippen LogP contribution < -0.4 is 15.8 Å². The number of ether oxygens (including phenoxy) is 1. The summed E-state index contributed by atoms with van der Waals surface area (Å²) in [4.78, 5) is 23.7. The van der Waals surface area contributed by atoms with Gasteiger partial charge in [0.05, 0.1) is 22.9 Å². The smallest absolute Gasteiger partial charge is 0.417 e. The number of carbonyl (C=O) groups is 1. The number of carbonyl (C=O) groups excluding carboxylic acids is 1. The first-order valence-corrected chi connectivity index (χ1v) is 18.3. The van der Waals surface area contributed by atoms with Crippen LogP contribution in [0.25, 0.3) is 32.1 Å². The fourth-order valence-corrected chi connectivity index (χ4v) is 7.97. The number of benzene rings is 2. The number of hydrogen-bond acceptors (Lipinski definition) is 9. The van der Waals surface area contributed by atoms with Crippen LogP contribution in [0.5, 0.6) is 6.01 Å². The molecule has 2 atom stereocenters. The van der Waals surface area contributed by atoms with Crippen molar-refractivity contribution < 1.29 is 35.9 Å². The third-order valence-corrected chi connectivity index (χ3v) is 10.5. The fraction of sp³-hybridized carbons (Fsp3) is 0.514. The number of nitriles is 1. The van der Waals surface area contributed by atoms with Crippen molar-refractivity contribution in [2.45, 2.75) is 78.2 Å². The number of rotatable bonds is 4. The van der Waals surface area contributed by atoms with E-state index in [9.17, 15) is 32.0 Å². The molecule has 9 nitrogen and oxygen atoms in total. The number of methoxy groups -OCH3 is 1. The molecule has 0 aliphatic carbocycles. The molecule has 3 aliphatic rings. The van der Waals surface area contributed by atoms with Gasteiger partial charge in [0.2, 0.25) is 5.91 Å². The van der Waals surface area contributed by atoms with Crippen LogP contribution in [0.1, 0.15) is 70.9 Å². The van der Waals surface area contributed by atoms with Crippen molar-refractivity contribution in [2.24, 2.45) is 5.41 Å². The van der Waals surface area contributed by atoms with Crippen LogP contribution in [0.3, 0.4) is 0 Å². The molecule has 1 amide bonds. The molecule has 0 radical (unpaired) electrons. The Labute approximate surface area is 308 Å². The second kappa shape index (κ2) is 15.9. The second-order valence-electron chi connectivity index (χ2n) is 14.2. The lowest BCUT2D eigenvalue weighted by Crippen LogP contribution is -2.37. The molecule has 0 spiro atoms. The van der Waals surface area contributed by atoms with E-state index in [1.807, 2.05) is 25.7 Å². The van der Waals surface area contributed by atoms with E-state index in [-0.39, 0.29) is 55.4 Å². The molecule has 3 saturated heterocycles. The Balaban J connectivity index is 0.000000217. The number of nitrogens with two attached hydrogens (primary N) is 1. The number of amides is 1. The third kappa shape index (κ3) is 8.41. The minimum absolute atomic E-state index is 0.0444. The maximum Gasteiger partial charge on any atom is 0.417 e. The number of halogens is 6. The molecule has 53 heavy (non-hydrogen) atoms. The molecule has 286 valence electrons. The lowest BCUT2D eigenvalue weighted by Gasteiger charge is -2.25. The molecule has 5 heterocycles. The van der Waals surface area contributed by atoms with Crippen molar-refractivity contribution in [1.82, 2.24) is 19.8 Å². The van der Waals surface area contributed by atoms with E-state index in [2.05, 4.69) is 20.2 Å². The second-order valence-corrected chi connectivity index (χ2v) is 15.3. The molecule has 0 saturated carbocycles. The predicted octanol–water partition coefficient (Wildman–Crippen LogP) is 8.55. The topological polar surface area (TPSA) is 120 Å². The molecule has 2 aromatic heterocycles. The molecule has 2 unspecified atom stereocenters. The predicted molar refractivity (Wildman–Crippen MR) is 194 cm³/mol. The van der Waals surface area contributed by atoms with Crippen molar-refractivity contribution in [3.8, 4) is 23.2 Å². The Bertz CT molecular complexity index is 2010. The zero-order chi connectivity index (χ0) is 38.8. The molecular formula is C37H43F6N7O2S. The summed E-state index contributed by atoms with van der Waals surface area (Å²) in [6.07, 6.45) is 0.180. The highest BCUT2D eigenvalue weighted by Gasteiger charge is 2.38. The summed E-state index contributed by atoms with van der Waals surface area (Å²) in [6, 6.07) is 4.75. The van der Waals surface area contributed by atoms with E-state index in [1.165, 1.54) is 32.8 Å². The molecule has 4 aromatic rings. The van der Waals surface area contributed by atoms with Gasteiger partial charge in [0.15, 0.2) is 5.82 Å². The molecular weight excluding hydrogens is 721 g/mol. The first kappa shape index (κ1) is 39.8. The van der Waals surface area contributed by atoms with Gasteiger partial charge < -0.3 is 20.7 Å². The lowest BCUT2D eigenvalue weighted by molar-refractivity contribution is -0.138. The Morgan fingerprint density at radius 1 is 1.13 bits per heavy atom. The lowest BCUT2D eigenvalue weighted by atomic mass is 9.92. The van der Waals surface area contributed by atoms with Gasteiger partial charge in [-0.25, -0.2) is 13.2 Å². The Morgan fingerprint density at radius 2 is 1.83 bits per heavy atom. The van der Waals surface area contributed by atoms with Crippen LogP contribution in [-0.4, -0.2) is 77.7 Å². The number of nitrogen functional groups attached to an aromatic ring is 1. The van der Waals surface area contributed by atoms with Crippen LogP contribution in [0, 0.1) is 28.4 Å². The van der Waals surface area contributed by atoms with Crippen molar-refractivity contribution in [1.29, 1.82) is 5.26 Å². The molecule has 3 aliphatic heterocycles. The summed E-state index contributed by atoms with van der Waals surface area (Å²) in [5.74, 6) is -1.85. The van der Waals surface area contributed by atoms with E-state index >= 15 is 4.39 Å². The number of thiophene rings is 1. The van der Waals surface area contributed by atoms with E-state index < -0.39 is 40.6 Å². The van der Waals surface area contributed by atoms with Crippen LogP contribution in [0.15, 0.2) is 18.2 Å². The minimum Gasteiger partial charge on any atom is -0.467 e. The van der Waals surface area contributed by atoms with Gasteiger partial charge in [0.1, 0.15) is 34.4 Å². The maximum absolute atomic E-state index is 15.9. The van der Waals surface area contributed by atoms with Crippen molar-refractivity contribution in [3.05, 3.63) is 41.0 Å². The van der Waals surface area contributed by atoms with E-state index in [0.29, 0.717) is 29.8 Å². The minimum atomic E-state index is -5.00. The van der Waals surface area contributed by atoms with Crippen molar-refractivity contribution in [2.75, 3.05) is 50.9 Å². The molecule has 2 aromatic carbocycles. The van der Waals surface area contributed by atoms with E-state index in [0.717, 1.165) is 44.3 Å². The van der Waals surface area contributed by atoms with Crippen LogP contribution in [0.4, 0.5) is 37.2 Å². The maximum atomic E-state index is 15.9. The van der Waals surface area contributed by atoms with Gasteiger partial charge in [0.25, 0.3) is 0 Å². The molecule has 0 bridgehead atoms. The van der Waals surface area contributed by atoms with Gasteiger partial charge in [-0.05, 0) is 63.3 Å². The summed E-state index contributed by atoms with van der Waals surface area (Å²) in [5.41, 5.74) is 2.40. The highest BCUT2D eigenvalue weighted by molar-refractivity contribution is 7.23. The Hall–Kier alpha value is -4.36. The Morgan fingerprint density at radius 3 is 2.42 bits per heavy atom. The number of likely N-dealkylation sites (tertiary alicyclic amines) is 1. The van der Waals surface area contributed by atoms with E-state index in [1.54, 1.807) is 13.0 Å². The van der Waals surface area contributed by atoms with Gasteiger partial charge in [0, 0.05) is 54.0 Å². The van der Waals surface area contributed by atoms with Gasteiger partial charge in [-0.2, -0.15) is 28.4 Å². The first-order chi connectivity index (χ1) is 25.0. The summed E-state index contributed by atoms with van der Waals surface area (Å²) in [5, 5.41) is 11.8. The summed E-state index contributed by atoms with van der Waals surface area (Å²) in [6.45, 7) is 11.7. The van der Waals surface area contributed by atoms with Crippen LogP contribution in [-0.2, 0) is 11.0 Å². The standard InChI is InChI=1S/C21H14F5N5OS.C9H17NO.C7H12FN/c1-3-29-19-9-6-11(21(24,25)26)14(15(23)16(9)30-20(31-19)32-2)8-4-5-12(22)17-13(8)10(7-27)18(28)33-17;1-9(2,3)8(11)10-6-4-5-7-10;8-6-4-7-2-1-3-9(7)5-6/h4-6H,3,28H2,1-2H3,(H,29,30,31);4-7H2,1-3H3;6-7H,1-5H2. The molecule has 7 rings (SSSR count). The number of fused-ring (bicyclic) bond motifs is 3. The average Bonchev–Trinajstić information content (AvgIpc) is 3.90. The molecule has 3 N–H and O–H groups in total.